The van der Waals surface area contributed by atoms with Crippen molar-refractivity contribution in [3.05, 3.63) is 5.01 Å². The number of aryl methyl sites for hydroxylation is 1. The van der Waals surface area contributed by atoms with Crippen molar-refractivity contribution in [3.63, 3.8) is 0 Å². The van der Waals surface area contributed by atoms with Crippen LogP contribution in [0.25, 0.3) is 0 Å². The molecule has 1 aromatic rings. The monoisotopic (exact) mass is 225 g/mol. The average Bonchev–Trinajstić information content (AvgIpc) is 2.73. The molecule has 84 valence electrons. The molecule has 1 N–H and O–H groups in total. The van der Waals surface area contributed by atoms with Gasteiger partial charge in [0.15, 0.2) is 0 Å². The van der Waals surface area contributed by atoms with E-state index in [4.69, 9.17) is 0 Å². The minimum absolute atomic E-state index is 0.496. The van der Waals surface area contributed by atoms with Crippen molar-refractivity contribution in [1.29, 1.82) is 0 Å². The predicted octanol–water partition coefficient (Wildman–Crippen LogP) is 3.09. The van der Waals surface area contributed by atoms with Gasteiger partial charge in [-0.05, 0) is 31.1 Å². The highest BCUT2D eigenvalue weighted by atomic mass is 32.1. The van der Waals surface area contributed by atoms with E-state index in [2.05, 4.69) is 36.3 Å². The molecule has 2 rings (SSSR count). The summed E-state index contributed by atoms with van der Waals surface area (Å²) in [5.74, 6) is 0. The lowest BCUT2D eigenvalue weighted by Crippen LogP contribution is -2.17. The SMILES string of the molecule is CCc1nnc(NC2CCC(C)(C)C2)s1. The van der Waals surface area contributed by atoms with Crippen LogP contribution in [0.2, 0.25) is 0 Å². The van der Waals surface area contributed by atoms with Gasteiger partial charge in [0.2, 0.25) is 5.13 Å². The van der Waals surface area contributed by atoms with Crippen molar-refractivity contribution < 1.29 is 0 Å². The summed E-state index contributed by atoms with van der Waals surface area (Å²) < 4.78 is 0. The van der Waals surface area contributed by atoms with Crippen LogP contribution in [0.4, 0.5) is 5.13 Å². The summed E-state index contributed by atoms with van der Waals surface area (Å²) in [5.41, 5.74) is 0.496. The van der Waals surface area contributed by atoms with Gasteiger partial charge in [-0.15, -0.1) is 10.2 Å². The number of nitrogens with zero attached hydrogens (tertiary/aromatic N) is 2. The third kappa shape index (κ3) is 2.68. The van der Waals surface area contributed by atoms with Crippen molar-refractivity contribution in [2.24, 2.45) is 5.41 Å². The van der Waals surface area contributed by atoms with E-state index in [9.17, 15) is 0 Å². The summed E-state index contributed by atoms with van der Waals surface area (Å²) in [6.45, 7) is 6.79. The Hall–Kier alpha value is -0.640. The Labute approximate surface area is 95.3 Å². The van der Waals surface area contributed by atoms with Gasteiger partial charge in [-0.2, -0.15) is 0 Å². The normalized spacial score (nSPS) is 24.3. The maximum atomic E-state index is 4.16. The zero-order valence-corrected chi connectivity index (χ0v) is 10.5. The Balaban J connectivity index is 1.92. The van der Waals surface area contributed by atoms with Gasteiger partial charge >= 0.3 is 0 Å². The number of rotatable bonds is 3. The molecule has 0 aromatic carbocycles. The lowest BCUT2D eigenvalue weighted by atomic mass is 9.92. The summed E-state index contributed by atoms with van der Waals surface area (Å²) in [6, 6.07) is 0.595. The van der Waals surface area contributed by atoms with Crippen LogP contribution in [0.5, 0.6) is 0 Å². The van der Waals surface area contributed by atoms with Crippen molar-refractivity contribution in [2.75, 3.05) is 5.32 Å². The second-order valence-corrected chi connectivity index (χ2v) is 6.16. The highest BCUT2D eigenvalue weighted by molar-refractivity contribution is 7.15. The first kappa shape index (κ1) is 10.9. The fourth-order valence-corrected chi connectivity index (χ4v) is 2.95. The van der Waals surface area contributed by atoms with Gasteiger partial charge in [-0.25, -0.2) is 0 Å². The number of anilines is 1. The Morgan fingerprint density at radius 3 is 2.80 bits per heavy atom. The molecule has 15 heavy (non-hydrogen) atoms. The molecule has 0 radical (unpaired) electrons. The summed E-state index contributed by atoms with van der Waals surface area (Å²) in [6.07, 6.45) is 4.79. The van der Waals surface area contributed by atoms with E-state index in [0.29, 0.717) is 11.5 Å². The Bertz CT molecular complexity index is 332. The number of hydrogen-bond donors (Lipinski definition) is 1. The first-order valence-electron chi connectivity index (χ1n) is 5.68. The van der Waals surface area contributed by atoms with E-state index < -0.39 is 0 Å². The van der Waals surface area contributed by atoms with Crippen LogP contribution in [-0.4, -0.2) is 16.2 Å². The molecule has 1 heterocycles. The molecule has 0 bridgehead atoms. The molecule has 1 atom stereocenters. The van der Waals surface area contributed by atoms with Crippen molar-refractivity contribution >= 4 is 16.5 Å². The second kappa shape index (κ2) is 4.08. The Morgan fingerprint density at radius 2 is 2.27 bits per heavy atom. The molecule has 4 heteroatoms. The van der Waals surface area contributed by atoms with Gasteiger partial charge in [0.1, 0.15) is 5.01 Å². The molecule has 1 unspecified atom stereocenters. The molecule has 1 aliphatic carbocycles. The van der Waals surface area contributed by atoms with Crippen molar-refractivity contribution in [3.8, 4) is 0 Å². The summed E-state index contributed by atoms with van der Waals surface area (Å²) in [7, 11) is 0. The first-order valence-corrected chi connectivity index (χ1v) is 6.49. The molecule has 0 aliphatic heterocycles. The molecule has 0 saturated heterocycles. The minimum Gasteiger partial charge on any atom is -0.357 e. The van der Waals surface area contributed by atoms with E-state index in [1.807, 2.05) is 0 Å². The molecular formula is C11H19N3S. The molecule has 1 saturated carbocycles. The molecule has 3 nitrogen and oxygen atoms in total. The number of nitrogens with one attached hydrogen (secondary N) is 1. The summed E-state index contributed by atoms with van der Waals surface area (Å²) >= 11 is 1.69. The van der Waals surface area contributed by atoms with Crippen LogP contribution < -0.4 is 5.32 Å². The number of hydrogen-bond acceptors (Lipinski definition) is 4. The largest absolute Gasteiger partial charge is 0.357 e. The van der Waals surface area contributed by atoms with Crippen LogP contribution in [0.1, 0.15) is 45.0 Å². The van der Waals surface area contributed by atoms with Crippen LogP contribution in [0.3, 0.4) is 0 Å². The van der Waals surface area contributed by atoms with Gasteiger partial charge in [0.25, 0.3) is 0 Å². The third-order valence-electron chi connectivity index (χ3n) is 3.07. The first-order chi connectivity index (χ1) is 7.09. The van der Waals surface area contributed by atoms with Crippen molar-refractivity contribution in [1.82, 2.24) is 10.2 Å². The Kier molecular flexibility index (Phi) is 2.96. The molecule has 1 aliphatic rings. The molecular weight excluding hydrogens is 206 g/mol. The number of aromatic nitrogens is 2. The zero-order valence-electron chi connectivity index (χ0n) is 9.71. The lowest BCUT2D eigenvalue weighted by molar-refractivity contribution is 0.378. The van der Waals surface area contributed by atoms with E-state index in [-0.39, 0.29) is 0 Å². The predicted molar refractivity (Wildman–Crippen MR) is 64.3 cm³/mol. The van der Waals surface area contributed by atoms with Gasteiger partial charge in [0, 0.05) is 6.04 Å². The molecule has 1 fully saturated rings. The topological polar surface area (TPSA) is 37.8 Å². The van der Waals surface area contributed by atoms with E-state index in [1.165, 1.54) is 19.3 Å². The van der Waals surface area contributed by atoms with Gasteiger partial charge in [-0.3, -0.25) is 0 Å². The lowest BCUT2D eigenvalue weighted by Gasteiger charge is -2.17. The van der Waals surface area contributed by atoms with E-state index >= 15 is 0 Å². The standard InChI is InChI=1S/C11H19N3S/c1-4-9-13-14-10(15-9)12-8-5-6-11(2,3)7-8/h8H,4-7H2,1-3H3,(H,12,14). The van der Waals surface area contributed by atoms with E-state index in [1.54, 1.807) is 11.3 Å². The fraction of sp³-hybridized carbons (Fsp3) is 0.818. The van der Waals surface area contributed by atoms with Gasteiger partial charge in [0.05, 0.1) is 0 Å². The maximum Gasteiger partial charge on any atom is 0.205 e. The minimum atomic E-state index is 0.496. The van der Waals surface area contributed by atoms with Gasteiger partial charge in [-0.1, -0.05) is 32.1 Å². The van der Waals surface area contributed by atoms with Crippen LogP contribution in [-0.2, 0) is 6.42 Å². The highest BCUT2D eigenvalue weighted by Crippen LogP contribution is 2.38. The maximum absolute atomic E-state index is 4.16. The second-order valence-electron chi connectivity index (χ2n) is 5.10. The van der Waals surface area contributed by atoms with Crippen LogP contribution in [0.15, 0.2) is 0 Å². The average molecular weight is 225 g/mol. The molecule has 0 amide bonds. The summed E-state index contributed by atoms with van der Waals surface area (Å²) in [5, 5.41) is 13.9. The Morgan fingerprint density at radius 1 is 1.47 bits per heavy atom. The fourth-order valence-electron chi connectivity index (χ4n) is 2.19. The van der Waals surface area contributed by atoms with Crippen molar-refractivity contribution in [2.45, 2.75) is 52.5 Å². The summed E-state index contributed by atoms with van der Waals surface area (Å²) in [4.78, 5) is 0. The zero-order chi connectivity index (χ0) is 10.9. The third-order valence-corrected chi connectivity index (χ3v) is 4.06. The van der Waals surface area contributed by atoms with Crippen LogP contribution in [0, 0.1) is 5.41 Å². The quantitative estimate of drug-likeness (QED) is 0.859. The van der Waals surface area contributed by atoms with Gasteiger partial charge < -0.3 is 5.32 Å². The smallest absolute Gasteiger partial charge is 0.205 e. The molecule has 1 aromatic heterocycles. The molecule has 0 spiro atoms. The van der Waals surface area contributed by atoms with E-state index in [0.717, 1.165) is 16.6 Å². The highest BCUT2D eigenvalue weighted by Gasteiger charge is 2.31. The van der Waals surface area contributed by atoms with Crippen LogP contribution >= 0.6 is 11.3 Å².